The largest absolute Gasteiger partial charge is 0.472 e. The molecular formula is C24H40N4O6Si2. The minimum Gasteiger partial charge on any atom is -0.472 e. The molecule has 1 aliphatic heterocycles. The van der Waals surface area contributed by atoms with Gasteiger partial charge in [0.2, 0.25) is 5.60 Å². The molecule has 0 saturated heterocycles. The Hall–Kier alpha value is -2.29. The van der Waals surface area contributed by atoms with Gasteiger partial charge in [0.1, 0.15) is 11.4 Å². The number of nitrogens with zero attached hydrogens (tertiary/aromatic N) is 4. The molecule has 0 N–H and O–H groups in total. The third-order valence-corrected chi connectivity index (χ3v) is 16.9. The molecule has 1 aromatic heterocycles. The quantitative estimate of drug-likeness (QED) is 0.275. The molecule has 2 aromatic rings. The summed E-state index contributed by atoms with van der Waals surface area (Å²) in [5, 5.41) is 15.9. The topological polar surface area (TPSA) is 111 Å². The van der Waals surface area contributed by atoms with Gasteiger partial charge in [-0.3, -0.25) is 10.1 Å². The molecule has 1 aromatic carbocycles. The van der Waals surface area contributed by atoms with Crippen LogP contribution in [0.25, 0.3) is 5.69 Å². The summed E-state index contributed by atoms with van der Waals surface area (Å²) in [5.74, 6) is 0.668. The first-order chi connectivity index (χ1) is 16.2. The zero-order valence-electron chi connectivity index (χ0n) is 23.4. The van der Waals surface area contributed by atoms with Crippen molar-refractivity contribution in [2.45, 2.75) is 83.4 Å². The molecule has 10 nitrogen and oxygen atoms in total. The van der Waals surface area contributed by atoms with Gasteiger partial charge in [0.05, 0.1) is 18.1 Å². The summed E-state index contributed by atoms with van der Waals surface area (Å²) in [6.07, 6.45) is 0. The van der Waals surface area contributed by atoms with Gasteiger partial charge in [-0.15, -0.1) is 0 Å². The molecule has 36 heavy (non-hydrogen) atoms. The SMILES string of the molecule is Cn1nc2n(c1=O)-c1cc([N+](=O)[O-])ccc1OC2(CO[Si](C)(C)C(C)(C)C)CO[Si](C)(C)C(C)(C)C. The fraction of sp³-hybridized carbons (Fsp3) is 0.667. The summed E-state index contributed by atoms with van der Waals surface area (Å²) in [6, 6.07) is 4.25. The Balaban J connectivity index is 2.19. The second-order valence-electron chi connectivity index (χ2n) is 12.7. The van der Waals surface area contributed by atoms with E-state index in [1.54, 1.807) is 7.05 Å². The second-order valence-corrected chi connectivity index (χ2v) is 22.3. The summed E-state index contributed by atoms with van der Waals surface area (Å²) < 4.78 is 22.5. The summed E-state index contributed by atoms with van der Waals surface area (Å²) in [4.78, 5) is 24.2. The zero-order valence-corrected chi connectivity index (χ0v) is 25.4. The molecule has 0 fully saturated rings. The van der Waals surface area contributed by atoms with Gasteiger partial charge in [-0.1, -0.05) is 41.5 Å². The molecule has 0 amide bonds. The number of nitro benzene ring substituents is 1. The van der Waals surface area contributed by atoms with Crippen LogP contribution in [0.3, 0.4) is 0 Å². The van der Waals surface area contributed by atoms with Crippen LogP contribution in [-0.2, 0) is 21.5 Å². The Morgan fingerprint density at radius 3 is 1.97 bits per heavy atom. The Kier molecular flexibility index (Phi) is 7.01. The number of aryl methyl sites for hydroxylation is 1. The van der Waals surface area contributed by atoms with E-state index in [-0.39, 0.29) is 34.7 Å². The molecule has 2 heterocycles. The zero-order chi connectivity index (χ0) is 27.5. The van der Waals surface area contributed by atoms with E-state index in [2.05, 4.69) is 72.8 Å². The third-order valence-electron chi connectivity index (χ3n) is 7.98. The van der Waals surface area contributed by atoms with Gasteiger partial charge in [-0.2, -0.15) is 5.10 Å². The molecular weight excluding hydrogens is 496 g/mol. The van der Waals surface area contributed by atoms with E-state index in [1.165, 1.54) is 27.4 Å². The highest BCUT2D eigenvalue weighted by molar-refractivity contribution is 6.74. The van der Waals surface area contributed by atoms with Crippen LogP contribution in [0.4, 0.5) is 5.69 Å². The van der Waals surface area contributed by atoms with Gasteiger partial charge < -0.3 is 13.6 Å². The molecule has 0 aliphatic carbocycles. The van der Waals surface area contributed by atoms with Gasteiger partial charge in [-0.05, 0) is 42.3 Å². The first-order valence-corrected chi connectivity index (χ1v) is 18.0. The molecule has 0 saturated carbocycles. The number of non-ortho nitro benzene ring substituents is 1. The standard InChI is InChI=1S/C24H40N4O6Si2/c1-22(2,3)35(8,9)32-15-24(16-33-36(10,11)23(4,5)6)20-25-26(7)21(29)27(20)18-14-17(28(30)31)12-13-19(18)34-24/h12-14H,15-16H2,1-11H3. The molecule has 0 atom stereocenters. The molecule has 0 spiro atoms. The number of hydrogen-bond acceptors (Lipinski definition) is 7. The second kappa shape index (κ2) is 8.93. The van der Waals surface area contributed by atoms with Crippen molar-refractivity contribution in [1.29, 1.82) is 0 Å². The fourth-order valence-corrected chi connectivity index (χ4v) is 5.42. The first-order valence-electron chi connectivity index (χ1n) is 12.1. The molecule has 0 radical (unpaired) electrons. The van der Waals surface area contributed by atoms with E-state index in [9.17, 15) is 14.9 Å². The van der Waals surface area contributed by atoms with Crippen LogP contribution < -0.4 is 10.4 Å². The average Bonchev–Trinajstić information content (AvgIpc) is 3.04. The highest BCUT2D eigenvalue weighted by atomic mass is 28.4. The monoisotopic (exact) mass is 536 g/mol. The normalized spacial score (nSPS) is 15.8. The maximum Gasteiger partial charge on any atom is 0.350 e. The van der Waals surface area contributed by atoms with Crippen LogP contribution in [0.5, 0.6) is 5.75 Å². The van der Waals surface area contributed by atoms with Crippen LogP contribution in [0.15, 0.2) is 23.0 Å². The Morgan fingerprint density at radius 2 is 1.53 bits per heavy atom. The smallest absolute Gasteiger partial charge is 0.350 e. The molecule has 12 heteroatoms. The third kappa shape index (κ3) is 4.95. The molecule has 0 unspecified atom stereocenters. The van der Waals surface area contributed by atoms with Gasteiger partial charge in [0.25, 0.3) is 5.69 Å². The Bertz CT molecular complexity index is 1190. The van der Waals surface area contributed by atoms with Gasteiger partial charge >= 0.3 is 5.69 Å². The Labute approximate surface area is 215 Å². The molecule has 200 valence electrons. The van der Waals surface area contributed by atoms with Crippen molar-refractivity contribution in [2.24, 2.45) is 7.05 Å². The van der Waals surface area contributed by atoms with Gasteiger partial charge in [0.15, 0.2) is 22.5 Å². The lowest BCUT2D eigenvalue weighted by molar-refractivity contribution is -0.384. The summed E-state index contributed by atoms with van der Waals surface area (Å²) in [6.45, 7) is 21.8. The fourth-order valence-electron chi connectivity index (χ4n) is 3.37. The number of aromatic nitrogens is 3. The number of benzene rings is 1. The van der Waals surface area contributed by atoms with E-state index in [4.69, 9.17) is 13.6 Å². The summed E-state index contributed by atoms with van der Waals surface area (Å²) >= 11 is 0. The first kappa shape index (κ1) is 28.3. The predicted molar refractivity (Wildman–Crippen MR) is 144 cm³/mol. The van der Waals surface area contributed by atoms with Crippen molar-refractivity contribution in [3.05, 3.63) is 44.6 Å². The maximum absolute atomic E-state index is 13.2. The minimum atomic E-state index is -2.23. The molecule has 0 bridgehead atoms. The van der Waals surface area contributed by atoms with Gasteiger partial charge in [0, 0.05) is 19.2 Å². The van der Waals surface area contributed by atoms with E-state index in [0.29, 0.717) is 11.6 Å². The van der Waals surface area contributed by atoms with E-state index >= 15 is 0 Å². The maximum atomic E-state index is 13.2. The summed E-state index contributed by atoms with van der Waals surface area (Å²) in [7, 11) is -2.90. The predicted octanol–water partition coefficient (Wildman–Crippen LogP) is 5.11. The number of fused-ring (bicyclic) bond motifs is 3. The van der Waals surface area contributed by atoms with Crippen LogP contribution in [0.2, 0.25) is 36.3 Å². The van der Waals surface area contributed by atoms with Crippen molar-refractivity contribution in [2.75, 3.05) is 13.2 Å². The highest BCUT2D eigenvalue weighted by Crippen LogP contribution is 2.44. The van der Waals surface area contributed by atoms with Crippen molar-refractivity contribution in [1.82, 2.24) is 14.3 Å². The summed E-state index contributed by atoms with van der Waals surface area (Å²) in [5.41, 5.74) is -1.48. The molecule has 3 rings (SSSR count). The number of hydrogen-bond donors (Lipinski definition) is 0. The average molecular weight is 537 g/mol. The Morgan fingerprint density at radius 1 is 1.03 bits per heavy atom. The van der Waals surface area contributed by atoms with E-state index in [0.717, 1.165) is 0 Å². The van der Waals surface area contributed by atoms with E-state index in [1.807, 2.05) is 0 Å². The lowest BCUT2D eigenvalue weighted by Gasteiger charge is -2.44. The minimum absolute atomic E-state index is 0.0502. The van der Waals surface area contributed by atoms with Crippen LogP contribution in [-0.4, -0.2) is 49.1 Å². The van der Waals surface area contributed by atoms with Gasteiger partial charge in [-0.25, -0.2) is 14.0 Å². The van der Waals surface area contributed by atoms with Crippen molar-refractivity contribution in [3.8, 4) is 11.4 Å². The van der Waals surface area contributed by atoms with E-state index < -0.39 is 32.8 Å². The van der Waals surface area contributed by atoms with Crippen molar-refractivity contribution in [3.63, 3.8) is 0 Å². The lowest BCUT2D eigenvalue weighted by atomic mass is 10.0. The molecule has 1 aliphatic rings. The van der Waals surface area contributed by atoms with Crippen LogP contribution >= 0.6 is 0 Å². The number of nitro groups is 1. The van der Waals surface area contributed by atoms with Crippen LogP contribution in [0.1, 0.15) is 47.4 Å². The highest BCUT2D eigenvalue weighted by Gasteiger charge is 2.51. The number of ether oxygens (including phenoxy) is 1. The number of rotatable bonds is 7. The van der Waals surface area contributed by atoms with Crippen LogP contribution in [0, 0.1) is 10.1 Å². The van der Waals surface area contributed by atoms with Crippen molar-refractivity contribution >= 4 is 22.3 Å². The van der Waals surface area contributed by atoms with Crippen molar-refractivity contribution < 1.29 is 18.5 Å². The lowest BCUT2D eigenvalue weighted by Crippen LogP contribution is -2.54.